The maximum Gasteiger partial charge on any atom is 0.191 e. The van der Waals surface area contributed by atoms with Gasteiger partial charge in [-0.15, -0.1) is 0 Å². The first-order valence-electron chi connectivity index (χ1n) is 7.84. The summed E-state index contributed by atoms with van der Waals surface area (Å²) in [6.07, 6.45) is 5.85. The van der Waals surface area contributed by atoms with Crippen molar-refractivity contribution in [2.24, 2.45) is 4.99 Å². The molecule has 1 rings (SSSR count). The lowest BCUT2D eigenvalue weighted by Crippen LogP contribution is -2.57. The van der Waals surface area contributed by atoms with Gasteiger partial charge in [-0.3, -0.25) is 4.99 Å². The second kappa shape index (κ2) is 9.19. The first-order chi connectivity index (χ1) is 9.64. The number of nitrogens with one attached hydrogen (secondary N) is 2. The Kier molecular flexibility index (Phi) is 7.92. The van der Waals surface area contributed by atoms with Crippen molar-refractivity contribution in [3.63, 3.8) is 0 Å². The predicted octanol–water partition coefficient (Wildman–Crippen LogP) is 1.45. The van der Waals surface area contributed by atoms with Gasteiger partial charge in [0, 0.05) is 38.9 Å². The lowest BCUT2D eigenvalue weighted by molar-refractivity contribution is -0.00501. The van der Waals surface area contributed by atoms with Crippen molar-refractivity contribution in [1.29, 1.82) is 0 Å². The van der Waals surface area contributed by atoms with E-state index in [0.717, 1.165) is 45.1 Å². The van der Waals surface area contributed by atoms with E-state index >= 15 is 0 Å². The van der Waals surface area contributed by atoms with Gasteiger partial charge in [0.05, 0.1) is 0 Å². The lowest BCUT2D eigenvalue weighted by Gasteiger charge is -2.43. The van der Waals surface area contributed by atoms with E-state index < -0.39 is 0 Å². The summed E-state index contributed by atoms with van der Waals surface area (Å²) in [5.41, 5.74) is 0.180. The maximum atomic E-state index is 5.50. The molecule has 0 aromatic rings. The fourth-order valence-corrected chi connectivity index (χ4v) is 2.58. The standard InChI is InChI=1S/C15H32N4O/c1-5-6-7-10-17-14(16-2)18-13-15(19(3)4)8-11-20-12-9-15/h5-13H2,1-4H3,(H2,16,17,18). The molecule has 5 heteroatoms. The van der Waals surface area contributed by atoms with E-state index in [1.807, 2.05) is 7.05 Å². The maximum absolute atomic E-state index is 5.50. The van der Waals surface area contributed by atoms with E-state index in [-0.39, 0.29) is 5.54 Å². The first kappa shape index (κ1) is 17.2. The third-order valence-corrected chi connectivity index (χ3v) is 4.25. The monoisotopic (exact) mass is 284 g/mol. The van der Waals surface area contributed by atoms with Gasteiger partial charge in [-0.25, -0.2) is 0 Å². The first-order valence-corrected chi connectivity index (χ1v) is 7.84. The molecule has 1 fully saturated rings. The molecule has 0 saturated carbocycles. The minimum Gasteiger partial charge on any atom is -0.381 e. The van der Waals surface area contributed by atoms with Crippen molar-refractivity contribution in [2.75, 3.05) is 47.4 Å². The van der Waals surface area contributed by atoms with Gasteiger partial charge in [0.25, 0.3) is 0 Å². The second-order valence-electron chi connectivity index (χ2n) is 5.79. The number of nitrogens with zero attached hydrogens (tertiary/aromatic N) is 2. The molecule has 2 N–H and O–H groups in total. The zero-order chi connectivity index (χ0) is 14.8. The number of guanidine groups is 1. The molecule has 0 bridgehead atoms. The molecular formula is C15H32N4O. The fourth-order valence-electron chi connectivity index (χ4n) is 2.58. The Bertz CT molecular complexity index is 286. The number of aliphatic imine (C=N–C) groups is 1. The number of hydrogen-bond acceptors (Lipinski definition) is 3. The van der Waals surface area contributed by atoms with Crippen LogP contribution in [0.15, 0.2) is 4.99 Å². The van der Waals surface area contributed by atoms with Crippen LogP contribution in [-0.4, -0.2) is 63.8 Å². The van der Waals surface area contributed by atoms with Gasteiger partial charge in [-0.1, -0.05) is 19.8 Å². The predicted molar refractivity (Wildman–Crippen MR) is 85.4 cm³/mol. The molecule has 20 heavy (non-hydrogen) atoms. The summed E-state index contributed by atoms with van der Waals surface area (Å²) in [7, 11) is 6.15. The number of ether oxygens (including phenoxy) is 1. The Balaban J connectivity index is 2.40. The van der Waals surface area contributed by atoms with Gasteiger partial charge in [0.2, 0.25) is 0 Å². The van der Waals surface area contributed by atoms with Crippen LogP contribution in [0.3, 0.4) is 0 Å². The summed E-state index contributed by atoms with van der Waals surface area (Å²) < 4.78 is 5.50. The van der Waals surface area contributed by atoms with Crippen LogP contribution in [0, 0.1) is 0 Å². The molecular weight excluding hydrogens is 252 g/mol. The highest BCUT2D eigenvalue weighted by Gasteiger charge is 2.34. The van der Waals surface area contributed by atoms with Crippen molar-refractivity contribution >= 4 is 5.96 Å². The van der Waals surface area contributed by atoms with Gasteiger partial charge in [0.15, 0.2) is 5.96 Å². The van der Waals surface area contributed by atoms with Gasteiger partial charge < -0.3 is 20.3 Å². The van der Waals surface area contributed by atoms with Crippen LogP contribution in [-0.2, 0) is 4.74 Å². The van der Waals surface area contributed by atoms with Crippen molar-refractivity contribution < 1.29 is 4.74 Å². The quantitative estimate of drug-likeness (QED) is 0.422. The van der Waals surface area contributed by atoms with Crippen molar-refractivity contribution in [1.82, 2.24) is 15.5 Å². The van der Waals surface area contributed by atoms with Crippen molar-refractivity contribution in [3.05, 3.63) is 0 Å². The van der Waals surface area contributed by atoms with Crippen LogP contribution >= 0.6 is 0 Å². The molecule has 0 radical (unpaired) electrons. The molecule has 0 atom stereocenters. The number of unbranched alkanes of at least 4 members (excludes halogenated alkanes) is 2. The van der Waals surface area contributed by atoms with E-state index in [4.69, 9.17) is 4.74 Å². The smallest absolute Gasteiger partial charge is 0.191 e. The molecule has 0 aromatic carbocycles. The summed E-state index contributed by atoms with van der Waals surface area (Å²) >= 11 is 0. The normalized spacial score (nSPS) is 19.1. The summed E-state index contributed by atoms with van der Waals surface area (Å²) in [6, 6.07) is 0. The summed E-state index contributed by atoms with van der Waals surface area (Å²) in [6.45, 7) is 5.83. The average molecular weight is 284 g/mol. The second-order valence-corrected chi connectivity index (χ2v) is 5.79. The number of likely N-dealkylation sites (N-methyl/N-ethyl adjacent to an activating group) is 1. The van der Waals surface area contributed by atoms with Crippen LogP contribution in [0.25, 0.3) is 0 Å². The SMILES string of the molecule is CCCCCNC(=NC)NCC1(N(C)C)CCOCC1. The third-order valence-electron chi connectivity index (χ3n) is 4.25. The van der Waals surface area contributed by atoms with Gasteiger partial charge >= 0.3 is 0 Å². The van der Waals surface area contributed by atoms with E-state index in [9.17, 15) is 0 Å². The average Bonchev–Trinajstić information content (AvgIpc) is 2.47. The van der Waals surface area contributed by atoms with Crippen LogP contribution in [0.1, 0.15) is 39.0 Å². The number of hydrogen-bond donors (Lipinski definition) is 2. The van der Waals surface area contributed by atoms with Crippen LogP contribution in [0.2, 0.25) is 0 Å². The van der Waals surface area contributed by atoms with Gasteiger partial charge in [0.1, 0.15) is 0 Å². The zero-order valence-electron chi connectivity index (χ0n) is 13.7. The van der Waals surface area contributed by atoms with Crippen LogP contribution in [0.5, 0.6) is 0 Å². The molecule has 1 heterocycles. The molecule has 0 amide bonds. The van der Waals surface area contributed by atoms with Gasteiger partial charge in [-0.2, -0.15) is 0 Å². The highest BCUT2D eigenvalue weighted by Crippen LogP contribution is 2.24. The Morgan fingerprint density at radius 2 is 1.90 bits per heavy atom. The summed E-state index contributed by atoms with van der Waals surface area (Å²) in [5, 5.41) is 6.87. The van der Waals surface area contributed by atoms with Crippen molar-refractivity contribution in [3.8, 4) is 0 Å². The van der Waals surface area contributed by atoms with E-state index in [2.05, 4.69) is 41.5 Å². The Hall–Kier alpha value is -0.810. The minimum atomic E-state index is 0.180. The summed E-state index contributed by atoms with van der Waals surface area (Å²) in [4.78, 5) is 6.63. The molecule has 0 aliphatic carbocycles. The Labute approximate surface area is 124 Å². The fraction of sp³-hybridized carbons (Fsp3) is 0.933. The van der Waals surface area contributed by atoms with E-state index in [1.165, 1.54) is 19.3 Å². The highest BCUT2D eigenvalue weighted by molar-refractivity contribution is 5.79. The van der Waals surface area contributed by atoms with Crippen molar-refractivity contribution in [2.45, 2.75) is 44.6 Å². The summed E-state index contributed by atoms with van der Waals surface area (Å²) in [5.74, 6) is 0.911. The molecule has 5 nitrogen and oxygen atoms in total. The lowest BCUT2D eigenvalue weighted by atomic mass is 9.88. The van der Waals surface area contributed by atoms with E-state index in [1.54, 1.807) is 0 Å². The highest BCUT2D eigenvalue weighted by atomic mass is 16.5. The molecule has 1 saturated heterocycles. The minimum absolute atomic E-state index is 0.180. The number of rotatable bonds is 7. The third kappa shape index (κ3) is 5.29. The molecule has 118 valence electrons. The zero-order valence-corrected chi connectivity index (χ0v) is 13.7. The Morgan fingerprint density at radius 1 is 1.20 bits per heavy atom. The van der Waals surface area contributed by atoms with E-state index in [0.29, 0.717) is 0 Å². The molecule has 1 aliphatic rings. The molecule has 0 spiro atoms. The van der Waals surface area contributed by atoms with Gasteiger partial charge in [-0.05, 0) is 33.4 Å². The molecule has 1 aliphatic heterocycles. The molecule has 0 unspecified atom stereocenters. The van der Waals surface area contributed by atoms with Crippen LogP contribution < -0.4 is 10.6 Å². The topological polar surface area (TPSA) is 48.9 Å². The molecule has 0 aromatic heterocycles. The Morgan fingerprint density at radius 3 is 2.45 bits per heavy atom. The van der Waals surface area contributed by atoms with Crippen LogP contribution in [0.4, 0.5) is 0 Å². The largest absolute Gasteiger partial charge is 0.381 e.